The number of aromatic nitrogens is 2. The van der Waals surface area contributed by atoms with Gasteiger partial charge in [0, 0.05) is 19.3 Å². The van der Waals surface area contributed by atoms with Gasteiger partial charge in [0.2, 0.25) is 0 Å². The Kier molecular flexibility index (Phi) is 4.93. The minimum atomic E-state index is -0.183. The highest BCUT2D eigenvalue weighted by Gasteiger charge is 2.28. The van der Waals surface area contributed by atoms with E-state index in [2.05, 4.69) is 5.10 Å². The number of methoxy groups -OCH3 is 1. The molecule has 2 heterocycles. The van der Waals surface area contributed by atoms with Gasteiger partial charge in [-0.05, 0) is 18.4 Å². The maximum Gasteiger partial charge on any atom is 0.308 e. The first kappa shape index (κ1) is 16.2. The van der Waals surface area contributed by atoms with Gasteiger partial charge >= 0.3 is 5.97 Å². The number of likely N-dealkylation sites (tertiary alicyclic amines) is 1. The van der Waals surface area contributed by atoms with Crippen molar-refractivity contribution in [2.45, 2.75) is 19.4 Å². The summed E-state index contributed by atoms with van der Waals surface area (Å²) >= 11 is 0. The van der Waals surface area contributed by atoms with Gasteiger partial charge in [0.25, 0.3) is 5.91 Å². The molecule has 0 N–H and O–H groups in total. The fourth-order valence-electron chi connectivity index (χ4n) is 3.00. The van der Waals surface area contributed by atoms with Crippen LogP contribution in [0.4, 0.5) is 0 Å². The highest BCUT2D eigenvalue weighted by atomic mass is 16.5. The van der Waals surface area contributed by atoms with Gasteiger partial charge < -0.3 is 9.64 Å². The second-order valence-corrected chi connectivity index (χ2v) is 6.00. The van der Waals surface area contributed by atoms with Gasteiger partial charge in [-0.25, -0.2) is 0 Å². The van der Waals surface area contributed by atoms with Gasteiger partial charge in [-0.1, -0.05) is 30.3 Å². The molecule has 6 heteroatoms. The summed E-state index contributed by atoms with van der Waals surface area (Å²) in [6.45, 7) is 1.78. The number of benzene rings is 1. The predicted octanol–water partition coefficient (Wildman–Crippen LogP) is 1.96. The van der Waals surface area contributed by atoms with Gasteiger partial charge in [0.15, 0.2) is 0 Å². The average Bonchev–Trinajstić information content (AvgIpc) is 3.10. The van der Waals surface area contributed by atoms with Crippen LogP contribution in [0.25, 0.3) is 0 Å². The lowest BCUT2D eigenvalue weighted by Gasteiger charge is -2.30. The lowest BCUT2D eigenvalue weighted by molar-refractivity contribution is -0.146. The minimum Gasteiger partial charge on any atom is -0.469 e. The fourth-order valence-corrected chi connectivity index (χ4v) is 3.00. The van der Waals surface area contributed by atoms with Crippen LogP contribution in [0.1, 0.15) is 28.8 Å². The van der Waals surface area contributed by atoms with E-state index in [0.29, 0.717) is 38.0 Å². The number of hydrogen-bond donors (Lipinski definition) is 0. The number of carbonyl (C=O) groups excluding carboxylic acids is 2. The summed E-state index contributed by atoms with van der Waals surface area (Å²) in [6, 6.07) is 9.99. The van der Waals surface area contributed by atoms with Crippen molar-refractivity contribution in [1.29, 1.82) is 0 Å². The third-order valence-corrected chi connectivity index (χ3v) is 4.38. The first-order chi connectivity index (χ1) is 11.7. The topological polar surface area (TPSA) is 64.4 Å². The molecule has 0 saturated carbocycles. The van der Waals surface area contributed by atoms with E-state index >= 15 is 0 Å². The Morgan fingerprint density at radius 2 is 1.92 bits per heavy atom. The summed E-state index contributed by atoms with van der Waals surface area (Å²) in [5, 5.41) is 4.28. The highest BCUT2D eigenvalue weighted by Crippen LogP contribution is 2.20. The van der Waals surface area contributed by atoms with Crippen molar-refractivity contribution < 1.29 is 14.3 Å². The summed E-state index contributed by atoms with van der Waals surface area (Å²) in [7, 11) is 1.40. The number of piperidine rings is 1. The zero-order valence-electron chi connectivity index (χ0n) is 13.7. The molecule has 126 valence electrons. The van der Waals surface area contributed by atoms with Crippen LogP contribution < -0.4 is 0 Å². The lowest BCUT2D eigenvalue weighted by atomic mass is 9.97. The molecule has 0 unspecified atom stereocenters. The van der Waals surface area contributed by atoms with Gasteiger partial charge in [0.1, 0.15) is 0 Å². The summed E-state index contributed by atoms with van der Waals surface area (Å²) in [5.41, 5.74) is 1.72. The molecule has 1 aromatic carbocycles. The van der Waals surface area contributed by atoms with Crippen LogP contribution in [-0.4, -0.2) is 46.8 Å². The van der Waals surface area contributed by atoms with E-state index in [0.717, 1.165) is 5.56 Å². The molecule has 1 aromatic heterocycles. The van der Waals surface area contributed by atoms with Crippen LogP contribution in [0, 0.1) is 5.92 Å². The Morgan fingerprint density at radius 1 is 1.21 bits per heavy atom. The molecule has 0 aliphatic carbocycles. The molecule has 2 aromatic rings. The zero-order valence-corrected chi connectivity index (χ0v) is 13.7. The highest BCUT2D eigenvalue weighted by molar-refractivity contribution is 5.93. The number of esters is 1. The molecule has 3 rings (SSSR count). The van der Waals surface area contributed by atoms with Crippen LogP contribution in [0.3, 0.4) is 0 Å². The first-order valence-electron chi connectivity index (χ1n) is 8.11. The third-order valence-electron chi connectivity index (χ3n) is 4.38. The number of nitrogens with zero attached hydrogens (tertiary/aromatic N) is 3. The molecule has 24 heavy (non-hydrogen) atoms. The molecule has 0 bridgehead atoms. The zero-order chi connectivity index (χ0) is 16.9. The Labute approximate surface area is 141 Å². The normalized spacial score (nSPS) is 15.3. The number of carbonyl (C=O) groups is 2. The van der Waals surface area contributed by atoms with Gasteiger partial charge in [0.05, 0.1) is 31.3 Å². The Balaban J connectivity index is 1.59. The standard InChI is InChI=1S/C18H21N3O3/c1-24-18(23)15-7-9-20(10-8-15)17(22)16-11-19-21(13-16)12-14-5-3-2-4-6-14/h2-6,11,13,15H,7-10,12H2,1H3. The maximum absolute atomic E-state index is 12.6. The molecule has 0 atom stereocenters. The van der Waals surface area contributed by atoms with E-state index in [1.807, 2.05) is 30.3 Å². The average molecular weight is 327 g/mol. The van der Waals surface area contributed by atoms with Crippen molar-refractivity contribution in [2.75, 3.05) is 20.2 Å². The van der Waals surface area contributed by atoms with E-state index in [4.69, 9.17) is 4.74 Å². The third kappa shape index (κ3) is 3.64. The molecule has 1 aliphatic heterocycles. The molecule has 1 saturated heterocycles. The molecule has 1 fully saturated rings. The summed E-state index contributed by atoms with van der Waals surface area (Å²) in [4.78, 5) is 25.9. The Morgan fingerprint density at radius 3 is 2.58 bits per heavy atom. The Bertz CT molecular complexity index is 703. The van der Waals surface area contributed by atoms with Crippen molar-refractivity contribution in [3.63, 3.8) is 0 Å². The van der Waals surface area contributed by atoms with Crippen LogP contribution in [0.5, 0.6) is 0 Å². The molecule has 1 aliphatic rings. The van der Waals surface area contributed by atoms with Gasteiger partial charge in [-0.2, -0.15) is 5.10 Å². The van der Waals surface area contributed by atoms with Crippen molar-refractivity contribution >= 4 is 11.9 Å². The van der Waals surface area contributed by atoms with Crippen molar-refractivity contribution in [3.8, 4) is 0 Å². The fraction of sp³-hybridized carbons (Fsp3) is 0.389. The van der Waals surface area contributed by atoms with Crippen molar-refractivity contribution in [2.24, 2.45) is 5.92 Å². The minimum absolute atomic E-state index is 0.0300. The maximum atomic E-state index is 12.6. The number of amides is 1. The van der Waals surface area contributed by atoms with E-state index in [9.17, 15) is 9.59 Å². The van der Waals surface area contributed by atoms with Crippen LogP contribution in [0.15, 0.2) is 42.7 Å². The van der Waals surface area contributed by atoms with Crippen molar-refractivity contribution in [1.82, 2.24) is 14.7 Å². The van der Waals surface area contributed by atoms with E-state index in [-0.39, 0.29) is 17.8 Å². The smallest absolute Gasteiger partial charge is 0.308 e. The quantitative estimate of drug-likeness (QED) is 0.805. The molecule has 6 nitrogen and oxygen atoms in total. The lowest BCUT2D eigenvalue weighted by Crippen LogP contribution is -2.40. The molecule has 1 amide bonds. The predicted molar refractivity (Wildman–Crippen MR) is 88.4 cm³/mol. The second kappa shape index (κ2) is 7.29. The molecular weight excluding hydrogens is 306 g/mol. The summed E-state index contributed by atoms with van der Waals surface area (Å²) < 4.78 is 6.54. The number of hydrogen-bond acceptors (Lipinski definition) is 4. The molecular formula is C18H21N3O3. The van der Waals surface area contributed by atoms with Crippen molar-refractivity contribution in [3.05, 3.63) is 53.9 Å². The largest absolute Gasteiger partial charge is 0.469 e. The molecule has 0 spiro atoms. The van der Waals surface area contributed by atoms with E-state index < -0.39 is 0 Å². The number of rotatable bonds is 4. The number of ether oxygens (including phenoxy) is 1. The Hall–Kier alpha value is -2.63. The molecule has 0 radical (unpaired) electrons. The van der Waals surface area contributed by atoms with E-state index in [1.165, 1.54) is 7.11 Å². The second-order valence-electron chi connectivity index (χ2n) is 6.00. The monoisotopic (exact) mass is 327 g/mol. The SMILES string of the molecule is COC(=O)C1CCN(C(=O)c2cnn(Cc3ccccc3)c2)CC1. The van der Waals surface area contributed by atoms with Crippen LogP contribution >= 0.6 is 0 Å². The first-order valence-corrected chi connectivity index (χ1v) is 8.11. The summed E-state index contributed by atoms with van der Waals surface area (Å²) in [6.07, 6.45) is 4.69. The van der Waals surface area contributed by atoms with Crippen LogP contribution in [-0.2, 0) is 16.1 Å². The van der Waals surface area contributed by atoms with Gasteiger partial charge in [-0.15, -0.1) is 0 Å². The summed E-state index contributed by atoms with van der Waals surface area (Å²) in [5.74, 6) is -0.310. The van der Waals surface area contributed by atoms with Gasteiger partial charge in [-0.3, -0.25) is 14.3 Å². The van der Waals surface area contributed by atoms with E-state index in [1.54, 1.807) is 22.0 Å². The van der Waals surface area contributed by atoms with Crippen LogP contribution in [0.2, 0.25) is 0 Å².